The Balaban J connectivity index is 1.79. The smallest absolute Gasteiger partial charge is 0.312 e. The van der Waals surface area contributed by atoms with Crippen LogP contribution < -0.4 is 0 Å². The van der Waals surface area contributed by atoms with Crippen LogP contribution in [0.3, 0.4) is 0 Å². The van der Waals surface area contributed by atoms with Crippen LogP contribution in [0.15, 0.2) is 0 Å². The lowest BCUT2D eigenvalue weighted by molar-refractivity contribution is -0.169. The summed E-state index contributed by atoms with van der Waals surface area (Å²) in [4.78, 5) is 23.9. The van der Waals surface area contributed by atoms with E-state index in [0.29, 0.717) is 5.92 Å². The summed E-state index contributed by atoms with van der Waals surface area (Å²) < 4.78 is 11.1. The van der Waals surface area contributed by atoms with Gasteiger partial charge in [0.2, 0.25) is 0 Å². The van der Waals surface area contributed by atoms with Gasteiger partial charge in [0.15, 0.2) is 0 Å². The number of hydrogen-bond donors (Lipinski definition) is 0. The van der Waals surface area contributed by atoms with E-state index in [-0.39, 0.29) is 35.5 Å². The Kier molecular flexibility index (Phi) is 2.19. The Morgan fingerprint density at radius 3 is 2.72 bits per heavy atom. The minimum absolute atomic E-state index is 0.102. The fourth-order valence-electron chi connectivity index (χ4n) is 3.72. The van der Waals surface area contributed by atoms with E-state index in [9.17, 15) is 9.59 Å². The highest BCUT2D eigenvalue weighted by atomic mass is 16.6. The van der Waals surface area contributed by atoms with Crippen LogP contribution >= 0.6 is 0 Å². The number of carbonyl (C=O) groups excluding carboxylic acids is 2. The molecule has 100 valence electrons. The first-order valence-electron chi connectivity index (χ1n) is 6.65. The molecule has 5 atom stereocenters. The standard InChI is InChI=1S/C14H20O4/c1-13(2,3)11(15)17-9-7-5-8-10(9)18-12(16)14(8,4)6-7/h7-10H,5-6H2,1-4H3. The molecular weight excluding hydrogens is 232 g/mol. The number of rotatable bonds is 1. The van der Waals surface area contributed by atoms with Gasteiger partial charge in [0.1, 0.15) is 12.2 Å². The third kappa shape index (κ3) is 1.38. The van der Waals surface area contributed by atoms with Crippen molar-refractivity contribution in [2.24, 2.45) is 22.7 Å². The van der Waals surface area contributed by atoms with Crippen LogP contribution in [-0.2, 0) is 19.1 Å². The Bertz CT molecular complexity index is 422. The highest BCUT2D eigenvalue weighted by Crippen LogP contribution is 2.62. The van der Waals surface area contributed by atoms with Crippen LogP contribution in [-0.4, -0.2) is 24.1 Å². The molecule has 0 spiro atoms. The number of carbonyl (C=O) groups is 2. The molecule has 0 N–H and O–H groups in total. The normalized spacial score (nSPS) is 45.2. The van der Waals surface area contributed by atoms with Crippen LogP contribution in [0.25, 0.3) is 0 Å². The number of hydrogen-bond acceptors (Lipinski definition) is 4. The molecule has 0 aromatic rings. The highest BCUT2D eigenvalue weighted by molar-refractivity contribution is 5.81. The van der Waals surface area contributed by atoms with Gasteiger partial charge in [-0.2, -0.15) is 0 Å². The average molecular weight is 252 g/mol. The second-order valence-corrected chi connectivity index (χ2v) is 7.21. The van der Waals surface area contributed by atoms with Gasteiger partial charge >= 0.3 is 11.9 Å². The summed E-state index contributed by atoms with van der Waals surface area (Å²) in [7, 11) is 0. The summed E-state index contributed by atoms with van der Waals surface area (Å²) in [5, 5.41) is 0. The molecule has 1 saturated heterocycles. The number of ether oxygens (including phenoxy) is 2. The third-order valence-corrected chi connectivity index (χ3v) is 4.81. The highest BCUT2D eigenvalue weighted by Gasteiger charge is 2.69. The first-order valence-corrected chi connectivity index (χ1v) is 6.65. The minimum atomic E-state index is -0.506. The largest absolute Gasteiger partial charge is 0.458 e. The van der Waals surface area contributed by atoms with Gasteiger partial charge in [0.05, 0.1) is 10.8 Å². The molecule has 5 unspecified atom stereocenters. The zero-order chi connectivity index (χ0) is 13.3. The maximum absolute atomic E-state index is 12.0. The minimum Gasteiger partial charge on any atom is -0.458 e. The molecule has 1 aliphatic heterocycles. The Morgan fingerprint density at radius 1 is 1.44 bits per heavy atom. The Morgan fingerprint density at radius 2 is 2.11 bits per heavy atom. The molecule has 3 aliphatic rings. The topological polar surface area (TPSA) is 52.6 Å². The Hall–Kier alpha value is -1.06. The van der Waals surface area contributed by atoms with Crippen molar-refractivity contribution in [3.05, 3.63) is 0 Å². The summed E-state index contributed by atoms with van der Waals surface area (Å²) >= 11 is 0. The Labute approximate surface area is 107 Å². The molecule has 2 saturated carbocycles. The zero-order valence-electron chi connectivity index (χ0n) is 11.4. The molecule has 2 aliphatic carbocycles. The van der Waals surface area contributed by atoms with Gasteiger partial charge in [-0.3, -0.25) is 9.59 Å². The van der Waals surface area contributed by atoms with Gasteiger partial charge < -0.3 is 9.47 Å². The second-order valence-electron chi connectivity index (χ2n) is 7.21. The fourth-order valence-corrected chi connectivity index (χ4v) is 3.72. The molecule has 2 bridgehead atoms. The lowest BCUT2D eigenvalue weighted by Crippen LogP contribution is -2.41. The van der Waals surface area contributed by atoms with E-state index in [1.54, 1.807) is 0 Å². The quantitative estimate of drug-likeness (QED) is 0.669. The van der Waals surface area contributed by atoms with E-state index in [4.69, 9.17) is 9.47 Å². The molecule has 4 nitrogen and oxygen atoms in total. The molecule has 3 fully saturated rings. The van der Waals surface area contributed by atoms with Gasteiger partial charge in [-0.1, -0.05) is 0 Å². The van der Waals surface area contributed by atoms with Gasteiger partial charge in [-0.05, 0) is 40.5 Å². The van der Waals surface area contributed by atoms with E-state index >= 15 is 0 Å². The molecule has 18 heavy (non-hydrogen) atoms. The van der Waals surface area contributed by atoms with Crippen molar-refractivity contribution in [3.8, 4) is 0 Å². The summed E-state index contributed by atoms with van der Waals surface area (Å²) in [6.45, 7) is 7.51. The van der Waals surface area contributed by atoms with E-state index in [0.717, 1.165) is 12.8 Å². The average Bonchev–Trinajstić information content (AvgIpc) is 2.78. The third-order valence-electron chi connectivity index (χ3n) is 4.81. The summed E-state index contributed by atoms with van der Waals surface area (Å²) in [5.74, 6) is 0.231. The molecule has 0 aromatic heterocycles. The predicted octanol–water partition coefficient (Wildman–Crippen LogP) is 1.92. The van der Waals surface area contributed by atoms with E-state index in [1.807, 2.05) is 27.7 Å². The first-order chi connectivity index (χ1) is 8.23. The lowest BCUT2D eigenvalue weighted by Gasteiger charge is -2.31. The van der Waals surface area contributed by atoms with Crippen LogP contribution in [0.5, 0.6) is 0 Å². The number of esters is 2. The van der Waals surface area contributed by atoms with Gasteiger partial charge in [-0.15, -0.1) is 0 Å². The molecule has 0 amide bonds. The molecule has 4 heteroatoms. The van der Waals surface area contributed by atoms with Crippen LogP contribution in [0.2, 0.25) is 0 Å². The molecule has 0 radical (unpaired) electrons. The molecule has 3 rings (SSSR count). The zero-order valence-corrected chi connectivity index (χ0v) is 11.4. The van der Waals surface area contributed by atoms with E-state index in [2.05, 4.69) is 0 Å². The van der Waals surface area contributed by atoms with E-state index in [1.165, 1.54) is 0 Å². The fraction of sp³-hybridized carbons (Fsp3) is 0.857. The molecule has 0 aromatic carbocycles. The number of fused-ring (bicyclic) bond motifs is 1. The second kappa shape index (κ2) is 3.28. The summed E-state index contributed by atoms with van der Waals surface area (Å²) in [6, 6.07) is 0. The predicted molar refractivity (Wildman–Crippen MR) is 63.5 cm³/mol. The van der Waals surface area contributed by atoms with Crippen LogP contribution in [0.1, 0.15) is 40.5 Å². The van der Waals surface area contributed by atoms with Gasteiger partial charge in [0.25, 0.3) is 0 Å². The van der Waals surface area contributed by atoms with Gasteiger partial charge in [-0.25, -0.2) is 0 Å². The van der Waals surface area contributed by atoms with Crippen LogP contribution in [0.4, 0.5) is 0 Å². The molecule has 1 heterocycles. The summed E-state index contributed by atoms with van der Waals surface area (Å²) in [6.07, 6.45) is 1.33. The monoisotopic (exact) mass is 252 g/mol. The SMILES string of the molecule is CC(C)(C)C(=O)OC1C2CC3C1OC(=O)C3(C)C2. The maximum Gasteiger partial charge on any atom is 0.312 e. The first kappa shape index (κ1) is 12.0. The van der Waals surface area contributed by atoms with Crippen molar-refractivity contribution in [3.63, 3.8) is 0 Å². The van der Waals surface area contributed by atoms with Crippen LogP contribution in [0, 0.1) is 22.7 Å². The van der Waals surface area contributed by atoms with Crippen molar-refractivity contribution >= 4 is 11.9 Å². The van der Waals surface area contributed by atoms with E-state index < -0.39 is 5.41 Å². The van der Waals surface area contributed by atoms with Crippen molar-refractivity contribution in [2.45, 2.75) is 52.7 Å². The van der Waals surface area contributed by atoms with Crippen molar-refractivity contribution < 1.29 is 19.1 Å². The summed E-state index contributed by atoms with van der Waals surface area (Å²) in [5.41, 5.74) is -0.826. The van der Waals surface area contributed by atoms with Crippen molar-refractivity contribution in [1.29, 1.82) is 0 Å². The lowest BCUT2D eigenvalue weighted by atomic mass is 9.75. The molecular formula is C14H20O4. The van der Waals surface area contributed by atoms with Gasteiger partial charge in [0, 0.05) is 11.8 Å². The van der Waals surface area contributed by atoms with Crippen molar-refractivity contribution in [2.75, 3.05) is 0 Å². The maximum atomic E-state index is 12.0. The van der Waals surface area contributed by atoms with Crippen molar-refractivity contribution in [1.82, 2.24) is 0 Å².